The van der Waals surface area contributed by atoms with Gasteiger partial charge in [0.25, 0.3) is 0 Å². The van der Waals surface area contributed by atoms with Crippen molar-refractivity contribution in [2.24, 2.45) is 23.7 Å². The lowest BCUT2D eigenvalue weighted by atomic mass is 9.96. The number of hydrogen-bond acceptors (Lipinski definition) is 2. The number of piperidine rings is 2. The number of hydrogen-bond donors (Lipinski definition) is 1. The Bertz CT molecular complexity index is 216. The van der Waals surface area contributed by atoms with Crippen LogP contribution in [0.4, 0.5) is 0 Å². The molecule has 2 saturated heterocycles. The van der Waals surface area contributed by atoms with Crippen molar-refractivity contribution in [3.63, 3.8) is 0 Å². The zero-order valence-corrected chi connectivity index (χ0v) is 27.3. The molecule has 210 valence electrons. The highest BCUT2D eigenvalue weighted by Gasteiger charge is 2.10. The Labute approximate surface area is 216 Å². The van der Waals surface area contributed by atoms with Crippen LogP contribution in [0.2, 0.25) is 0 Å². The predicted molar refractivity (Wildman–Crippen MR) is 163 cm³/mol. The summed E-state index contributed by atoms with van der Waals surface area (Å²) < 4.78 is 0. The van der Waals surface area contributed by atoms with E-state index in [1.54, 1.807) is 0 Å². The summed E-state index contributed by atoms with van der Waals surface area (Å²) >= 11 is 0. The third-order valence-corrected chi connectivity index (χ3v) is 4.04. The van der Waals surface area contributed by atoms with Crippen molar-refractivity contribution in [2.45, 2.75) is 149 Å². The van der Waals surface area contributed by atoms with Gasteiger partial charge in [0, 0.05) is 0 Å². The lowest BCUT2D eigenvalue weighted by molar-refractivity contribution is 0.230. The first-order valence-electron chi connectivity index (χ1n) is 15.0. The van der Waals surface area contributed by atoms with E-state index in [0.717, 1.165) is 23.7 Å². The molecule has 2 nitrogen and oxygen atoms in total. The van der Waals surface area contributed by atoms with Crippen LogP contribution in [0.15, 0.2) is 0 Å². The Balaban J connectivity index is -0.0000000682. The molecule has 2 heteroatoms. The molecule has 0 aliphatic carbocycles. The summed E-state index contributed by atoms with van der Waals surface area (Å²) in [7, 11) is 2.20. The van der Waals surface area contributed by atoms with Gasteiger partial charge in [0.15, 0.2) is 0 Å². The third kappa shape index (κ3) is 72.0. The smallest absolute Gasteiger partial charge is 0.00192 e. The fourth-order valence-corrected chi connectivity index (χ4v) is 2.43. The van der Waals surface area contributed by atoms with Crippen LogP contribution in [-0.4, -0.2) is 38.1 Å². The molecule has 2 aliphatic heterocycles. The molecule has 0 unspecified atom stereocenters. The molecule has 0 atom stereocenters. The Kier molecular flexibility index (Phi) is 63.7. The third-order valence-electron chi connectivity index (χ3n) is 4.04. The van der Waals surface area contributed by atoms with Crippen LogP contribution in [0, 0.1) is 23.7 Å². The van der Waals surface area contributed by atoms with Gasteiger partial charge in [-0.1, -0.05) is 124 Å². The molecule has 33 heavy (non-hydrogen) atoms. The monoisotopic (exact) mass is 477 g/mol. The lowest BCUT2D eigenvalue weighted by Gasteiger charge is -2.26. The minimum Gasteiger partial charge on any atom is -0.317 e. The first kappa shape index (κ1) is 46.3. The van der Waals surface area contributed by atoms with Crippen LogP contribution in [0.1, 0.15) is 149 Å². The van der Waals surface area contributed by atoms with E-state index in [9.17, 15) is 0 Å². The summed E-state index contributed by atoms with van der Waals surface area (Å²) in [5.41, 5.74) is 0. The molecule has 2 heterocycles. The minimum absolute atomic E-state index is 0.833. The molecule has 0 saturated carbocycles. The largest absolute Gasteiger partial charge is 0.317 e. The van der Waals surface area contributed by atoms with Gasteiger partial charge in [0.2, 0.25) is 0 Å². The van der Waals surface area contributed by atoms with Crippen LogP contribution in [0.3, 0.4) is 0 Å². The van der Waals surface area contributed by atoms with Crippen LogP contribution < -0.4 is 5.32 Å². The van der Waals surface area contributed by atoms with Crippen molar-refractivity contribution in [3.8, 4) is 0 Å². The maximum absolute atomic E-state index is 3.35. The van der Waals surface area contributed by atoms with E-state index in [1.807, 2.05) is 41.5 Å². The van der Waals surface area contributed by atoms with Crippen molar-refractivity contribution < 1.29 is 0 Å². The Morgan fingerprint density at radius 2 is 0.939 bits per heavy atom. The molecule has 0 radical (unpaired) electrons. The predicted octanol–water partition coefficient (Wildman–Crippen LogP) is 10.6. The van der Waals surface area contributed by atoms with E-state index in [1.165, 1.54) is 64.7 Å². The highest BCUT2D eigenvalue weighted by atomic mass is 15.1. The standard InChI is InChI=1S/2C7H15N.2C4H10.C3H8.3C2H6/c1-7-3-5-8(2)6-4-7;1-2-7-3-5-8-6-4-7;2*1-4(2)3;1-3-2;3*1-2/h7H,3-6H2,1-2H3;7-8H,2-6H2,1H3;2*4H,1-3H3;3H2,1-2H3;3*1-2H3. The molecule has 2 aliphatic rings. The molecule has 1 N–H and O–H groups in total. The second kappa shape index (κ2) is 45.4. The van der Waals surface area contributed by atoms with Gasteiger partial charge in [-0.05, 0) is 82.6 Å². The second-order valence-corrected chi connectivity index (χ2v) is 9.76. The van der Waals surface area contributed by atoms with E-state index < -0.39 is 0 Å². The summed E-state index contributed by atoms with van der Waals surface area (Å²) in [5, 5.41) is 3.35. The van der Waals surface area contributed by atoms with E-state index in [0.29, 0.717) is 0 Å². The fourth-order valence-electron chi connectivity index (χ4n) is 2.43. The van der Waals surface area contributed by atoms with Crippen LogP contribution >= 0.6 is 0 Å². The average molecular weight is 477 g/mol. The zero-order valence-electron chi connectivity index (χ0n) is 27.3. The Hall–Kier alpha value is -0.0800. The van der Waals surface area contributed by atoms with Gasteiger partial charge in [0.05, 0.1) is 0 Å². The molecule has 2 rings (SSSR count). The van der Waals surface area contributed by atoms with Crippen molar-refractivity contribution in [2.75, 3.05) is 33.2 Å². The summed E-state index contributed by atoms with van der Waals surface area (Å²) in [4.78, 5) is 2.40. The van der Waals surface area contributed by atoms with Crippen LogP contribution in [-0.2, 0) is 0 Å². The lowest BCUT2D eigenvalue weighted by Crippen LogP contribution is -2.28. The van der Waals surface area contributed by atoms with Crippen LogP contribution in [0.5, 0.6) is 0 Å². The van der Waals surface area contributed by atoms with Gasteiger partial charge in [-0.2, -0.15) is 0 Å². The highest BCUT2D eigenvalue weighted by Crippen LogP contribution is 2.14. The molecular formula is C31H76N2. The second-order valence-electron chi connectivity index (χ2n) is 9.76. The molecular weight excluding hydrogens is 400 g/mol. The molecule has 0 amide bonds. The van der Waals surface area contributed by atoms with Crippen molar-refractivity contribution in [1.82, 2.24) is 10.2 Å². The van der Waals surface area contributed by atoms with Gasteiger partial charge >= 0.3 is 0 Å². The molecule has 0 aromatic heterocycles. The van der Waals surface area contributed by atoms with Gasteiger partial charge in [-0.15, -0.1) is 0 Å². The first-order chi connectivity index (χ1) is 15.6. The Morgan fingerprint density at radius 3 is 1.12 bits per heavy atom. The quantitative estimate of drug-likeness (QED) is 0.404. The van der Waals surface area contributed by atoms with Gasteiger partial charge < -0.3 is 10.2 Å². The molecule has 0 spiro atoms. The minimum atomic E-state index is 0.833. The molecule has 2 fully saturated rings. The van der Waals surface area contributed by atoms with Crippen molar-refractivity contribution >= 4 is 0 Å². The number of nitrogens with one attached hydrogen (secondary N) is 1. The van der Waals surface area contributed by atoms with E-state index in [2.05, 4.69) is 86.5 Å². The fraction of sp³-hybridized carbons (Fsp3) is 1.00. The number of rotatable bonds is 1. The van der Waals surface area contributed by atoms with E-state index in [4.69, 9.17) is 0 Å². The normalized spacial score (nSPS) is 15.4. The van der Waals surface area contributed by atoms with Gasteiger partial charge in [-0.25, -0.2) is 0 Å². The summed E-state index contributed by atoms with van der Waals surface area (Å²) in [6, 6.07) is 0. The molecule has 0 bridgehead atoms. The van der Waals surface area contributed by atoms with Crippen molar-refractivity contribution in [3.05, 3.63) is 0 Å². The van der Waals surface area contributed by atoms with Gasteiger partial charge in [-0.3, -0.25) is 0 Å². The maximum atomic E-state index is 3.35. The SMILES string of the molecule is CC.CC.CC.CC(C)C.CC(C)C.CC1CCN(C)CC1.CCC.CCC1CCNCC1. The summed E-state index contributed by atoms with van der Waals surface area (Å²) in [6.07, 6.45) is 8.22. The summed E-state index contributed by atoms with van der Waals surface area (Å²) in [6.45, 7) is 39.0. The van der Waals surface area contributed by atoms with Crippen molar-refractivity contribution in [1.29, 1.82) is 0 Å². The van der Waals surface area contributed by atoms with Crippen LogP contribution in [0.25, 0.3) is 0 Å². The Morgan fingerprint density at radius 1 is 0.667 bits per heavy atom. The molecule has 0 aromatic carbocycles. The number of likely N-dealkylation sites (tertiary alicyclic amines) is 1. The maximum Gasteiger partial charge on any atom is -0.00192 e. The summed E-state index contributed by atoms with van der Waals surface area (Å²) in [5.74, 6) is 3.67. The van der Waals surface area contributed by atoms with Gasteiger partial charge in [0.1, 0.15) is 0 Å². The topological polar surface area (TPSA) is 15.3 Å². The zero-order chi connectivity index (χ0) is 27.7. The number of nitrogens with zero attached hydrogens (tertiary/aromatic N) is 1. The first-order valence-corrected chi connectivity index (χ1v) is 15.0. The molecule has 0 aromatic rings. The van der Waals surface area contributed by atoms with E-state index >= 15 is 0 Å². The van der Waals surface area contributed by atoms with E-state index in [-0.39, 0.29) is 0 Å². The average Bonchev–Trinajstić information content (AvgIpc) is 2.81. The highest BCUT2D eigenvalue weighted by molar-refractivity contribution is 4.66.